The number of benzene rings is 1. The van der Waals surface area contributed by atoms with Gasteiger partial charge in [0, 0.05) is 13.2 Å². The number of rotatable bonds is 6. The molecular formula is C13H17NO5S. The molecule has 2 rings (SSSR count). The third-order valence-corrected chi connectivity index (χ3v) is 4.74. The number of aliphatic carboxylic acids is 1. The summed E-state index contributed by atoms with van der Waals surface area (Å²) in [6.07, 6.45) is 0.237. The Morgan fingerprint density at radius 3 is 2.65 bits per heavy atom. The lowest BCUT2D eigenvalue weighted by molar-refractivity contribution is -0.138. The molecule has 0 saturated heterocycles. The number of methoxy groups -OCH3 is 1. The molecule has 0 spiro atoms. The smallest absolute Gasteiger partial charge is 0.311 e. The summed E-state index contributed by atoms with van der Waals surface area (Å²) in [5.74, 6) is -1.74. The zero-order chi connectivity index (χ0) is 14.8. The summed E-state index contributed by atoms with van der Waals surface area (Å²) in [6.45, 7) is 0.103. The number of hydrogen-bond donors (Lipinski definition) is 2. The molecule has 0 aromatic heterocycles. The van der Waals surface area contributed by atoms with E-state index < -0.39 is 28.0 Å². The summed E-state index contributed by atoms with van der Waals surface area (Å²) in [4.78, 5) is 11.3. The molecule has 6 nitrogen and oxygen atoms in total. The first-order chi connectivity index (χ1) is 9.44. The maximum atomic E-state index is 11.9. The molecule has 0 aliphatic heterocycles. The minimum absolute atomic E-state index is 0.103. The van der Waals surface area contributed by atoms with E-state index in [4.69, 9.17) is 4.74 Å². The van der Waals surface area contributed by atoms with Crippen molar-refractivity contribution in [1.29, 1.82) is 0 Å². The number of ether oxygens (including phenoxy) is 1. The Kier molecular flexibility index (Phi) is 4.42. The Balaban J connectivity index is 2.21. The number of carboxylic acid groups (broad SMARTS) is 1. The van der Waals surface area contributed by atoms with Crippen molar-refractivity contribution in [3.63, 3.8) is 0 Å². The highest BCUT2D eigenvalue weighted by Gasteiger charge is 2.36. The van der Waals surface area contributed by atoms with Crippen LogP contribution in [0, 0.1) is 0 Å². The number of sulfonamides is 1. The fourth-order valence-electron chi connectivity index (χ4n) is 2.45. The molecule has 1 aromatic carbocycles. The van der Waals surface area contributed by atoms with Gasteiger partial charge in [0.05, 0.1) is 18.3 Å². The average molecular weight is 299 g/mol. The Bertz CT molecular complexity index is 599. The van der Waals surface area contributed by atoms with E-state index in [9.17, 15) is 18.3 Å². The summed E-state index contributed by atoms with van der Waals surface area (Å²) in [5.41, 5.74) is 1.42. The highest BCUT2D eigenvalue weighted by atomic mass is 32.2. The van der Waals surface area contributed by atoms with Gasteiger partial charge in [-0.05, 0) is 17.5 Å². The normalized spacial score (nSPS) is 21.6. The second-order valence-electron chi connectivity index (χ2n) is 4.74. The Hall–Kier alpha value is -1.44. The van der Waals surface area contributed by atoms with Crippen molar-refractivity contribution < 1.29 is 23.1 Å². The zero-order valence-electron chi connectivity index (χ0n) is 11.1. The van der Waals surface area contributed by atoms with Crippen molar-refractivity contribution in [3.05, 3.63) is 35.4 Å². The van der Waals surface area contributed by atoms with Gasteiger partial charge in [-0.15, -0.1) is 0 Å². The standard InChI is InChI=1S/C13H17NO5S/c1-19-6-7-20(17,18)14-12-8-11(13(15)16)9-4-2-3-5-10(9)12/h2-5,11-12,14H,6-8H2,1H3,(H,15,16)/t11-,12+/m0/s1. The molecule has 0 heterocycles. The highest BCUT2D eigenvalue weighted by Crippen LogP contribution is 2.40. The first kappa shape index (κ1) is 15.0. The van der Waals surface area contributed by atoms with Crippen LogP contribution in [0.5, 0.6) is 0 Å². The van der Waals surface area contributed by atoms with Crippen molar-refractivity contribution in [1.82, 2.24) is 4.72 Å². The van der Waals surface area contributed by atoms with Gasteiger partial charge < -0.3 is 9.84 Å². The van der Waals surface area contributed by atoms with E-state index in [1.165, 1.54) is 7.11 Å². The predicted octanol–water partition coefficient (Wildman–Crippen LogP) is 0.865. The maximum Gasteiger partial charge on any atom is 0.311 e. The monoisotopic (exact) mass is 299 g/mol. The number of nitrogens with one attached hydrogen (secondary N) is 1. The third-order valence-electron chi connectivity index (χ3n) is 3.39. The van der Waals surface area contributed by atoms with Crippen molar-refractivity contribution in [2.24, 2.45) is 0 Å². The molecule has 0 fully saturated rings. The Morgan fingerprint density at radius 2 is 2.05 bits per heavy atom. The molecule has 0 unspecified atom stereocenters. The third kappa shape index (κ3) is 3.17. The molecular weight excluding hydrogens is 282 g/mol. The van der Waals surface area contributed by atoms with Gasteiger partial charge in [-0.3, -0.25) is 4.79 Å². The van der Waals surface area contributed by atoms with E-state index in [0.717, 1.165) is 5.56 Å². The van der Waals surface area contributed by atoms with Gasteiger partial charge >= 0.3 is 5.97 Å². The second-order valence-corrected chi connectivity index (χ2v) is 6.61. The van der Waals surface area contributed by atoms with Gasteiger partial charge in [0.1, 0.15) is 0 Å². The summed E-state index contributed by atoms with van der Waals surface area (Å²) < 4.78 is 31.1. The highest BCUT2D eigenvalue weighted by molar-refractivity contribution is 7.89. The first-order valence-corrected chi connectivity index (χ1v) is 7.90. The van der Waals surface area contributed by atoms with Gasteiger partial charge in [0.15, 0.2) is 0 Å². The number of hydrogen-bond acceptors (Lipinski definition) is 4. The number of fused-ring (bicyclic) bond motifs is 1. The van der Waals surface area contributed by atoms with Crippen LogP contribution in [0.4, 0.5) is 0 Å². The van der Waals surface area contributed by atoms with Crippen molar-refractivity contribution in [2.75, 3.05) is 19.5 Å². The van der Waals surface area contributed by atoms with Crippen LogP contribution in [0.3, 0.4) is 0 Å². The van der Waals surface area contributed by atoms with Gasteiger partial charge in [0.2, 0.25) is 10.0 Å². The minimum atomic E-state index is -3.49. The van der Waals surface area contributed by atoms with Gasteiger partial charge in [-0.1, -0.05) is 24.3 Å². The molecule has 110 valence electrons. The van der Waals surface area contributed by atoms with Crippen LogP contribution >= 0.6 is 0 Å². The lowest BCUT2D eigenvalue weighted by atomic mass is 10.0. The van der Waals surface area contributed by atoms with Crippen LogP contribution in [0.15, 0.2) is 24.3 Å². The van der Waals surface area contributed by atoms with Crippen LogP contribution in [0.2, 0.25) is 0 Å². The first-order valence-electron chi connectivity index (χ1n) is 6.25. The molecule has 20 heavy (non-hydrogen) atoms. The number of carboxylic acids is 1. The van der Waals surface area contributed by atoms with Crippen LogP contribution in [0.1, 0.15) is 29.5 Å². The Morgan fingerprint density at radius 1 is 1.40 bits per heavy atom. The molecule has 2 atom stereocenters. The zero-order valence-corrected chi connectivity index (χ0v) is 11.9. The van der Waals surface area contributed by atoms with Crippen LogP contribution in [0.25, 0.3) is 0 Å². The van der Waals surface area contributed by atoms with Crippen molar-refractivity contribution in [3.8, 4) is 0 Å². The SMILES string of the molecule is COCCS(=O)(=O)N[C@@H]1C[C@H](C(=O)O)c2ccccc21. The van der Waals surface area contributed by atoms with E-state index in [0.29, 0.717) is 5.56 Å². The van der Waals surface area contributed by atoms with E-state index in [2.05, 4.69) is 4.72 Å². The van der Waals surface area contributed by atoms with E-state index in [-0.39, 0.29) is 18.8 Å². The van der Waals surface area contributed by atoms with E-state index >= 15 is 0 Å². The lowest BCUT2D eigenvalue weighted by Gasteiger charge is -2.14. The molecule has 1 aromatic rings. The molecule has 1 aliphatic carbocycles. The van der Waals surface area contributed by atoms with Crippen LogP contribution < -0.4 is 4.72 Å². The largest absolute Gasteiger partial charge is 0.481 e. The fourth-order valence-corrected chi connectivity index (χ4v) is 3.61. The van der Waals surface area contributed by atoms with Gasteiger partial charge in [-0.2, -0.15) is 0 Å². The molecule has 0 radical (unpaired) electrons. The molecule has 1 aliphatic rings. The molecule has 7 heteroatoms. The summed E-state index contributed by atoms with van der Waals surface area (Å²) >= 11 is 0. The topological polar surface area (TPSA) is 92.7 Å². The average Bonchev–Trinajstić information content (AvgIpc) is 2.75. The quantitative estimate of drug-likeness (QED) is 0.813. The lowest BCUT2D eigenvalue weighted by Crippen LogP contribution is -2.31. The molecule has 2 N–H and O–H groups in total. The van der Waals surface area contributed by atoms with Gasteiger partial charge in [-0.25, -0.2) is 13.1 Å². The molecule has 0 bridgehead atoms. The maximum absolute atomic E-state index is 11.9. The molecule has 0 saturated carbocycles. The predicted molar refractivity (Wildman–Crippen MR) is 73.0 cm³/mol. The fraction of sp³-hybridized carbons (Fsp3) is 0.462. The van der Waals surface area contributed by atoms with Gasteiger partial charge in [0.25, 0.3) is 0 Å². The van der Waals surface area contributed by atoms with Crippen molar-refractivity contribution >= 4 is 16.0 Å². The van der Waals surface area contributed by atoms with Crippen LogP contribution in [-0.4, -0.2) is 39.0 Å². The molecule has 0 amide bonds. The summed E-state index contributed by atoms with van der Waals surface area (Å²) in [5, 5.41) is 9.22. The second kappa shape index (κ2) is 5.90. The Labute approximate surface area is 117 Å². The minimum Gasteiger partial charge on any atom is -0.481 e. The summed E-state index contributed by atoms with van der Waals surface area (Å²) in [7, 11) is -2.06. The van der Waals surface area contributed by atoms with Crippen molar-refractivity contribution in [2.45, 2.75) is 18.4 Å². The van der Waals surface area contributed by atoms with E-state index in [1.807, 2.05) is 0 Å². The number of carbonyl (C=O) groups is 1. The van der Waals surface area contributed by atoms with Crippen LogP contribution in [-0.2, 0) is 19.6 Å². The van der Waals surface area contributed by atoms with E-state index in [1.54, 1.807) is 24.3 Å². The summed E-state index contributed by atoms with van der Waals surface area (Å²) in [6, 6.07) is 6.55.